The summed E-state index contributed by atoms with van der Waals surface area (Å²) in [5, 5.41) is 2.56. The first-order valence-corrected chi connectivity index (χ1v) is 11.6. The fourth-order valence-corrected chi connectivity index (χ4v) is 3.97. The van der Waals surface area contributed by atoms with Gasteiger partial charge in [0.05, 0.1) is 17.7 Å². The van der Waals surface area contributed by atoms with Gasteiger partial charge in [-0.2, -0.15) is 0 Å². The summed E-state index contributed by atoms with van der Waals surface area (Å²) < 4.78 is 32.4. The molecule has 2 aromatic carbocycles. The van der Waals surface area contributed by atoms with Crippen LogP contribution in [0.4, 0.5) is 0 Å². The Hall–Kier alpha value is -3.69. The minimum Gasteiger partial charge on any atom is -0.468 e. The number of furan rings is 1. The van der Waals surface area contributed by atoms with E-state index in [4.69, 9.17) is 4.42 Å². The zero-order chi connectivity index (χ0) is 23.8. The van der Waals surface area contributed by atoms with E-state index in [-0.39, 0.29) is 23.3 Å². The highest BCUT2D eigenvalue weighted by atomic mass is 32.2. The Balaban J connectivity index is 1.56. The van der Waals surface area contributed by atoms with Crippen LogP contribution in [-0.2, 0) is 27.9 Å². The van der Waals surface area contributed by atoms with Crippen LogP contribution in [0.5, 0.6) is 0 Å². The number of benzene rings is 2. The average Bonchev–Trinajstić information content (AvgIpc) is 3.35. The largest absolute Gasteiger partial charge is 0.468 e. The maximum absolute atomic E-state index is 12.4. The average molecular weight is 468 g/mol. The van der Waals surface area contributed by atoms with Crippen LogP contribution < -0.4 is 10.0 Å². The molecule has 0 aliphatic rings. The van der Waals surface area contributed by atoms with Crippen molar-refractivity contribution in [1.29, 1.82) is 0 Å². The second kappa shape index (κ2) is 10.8. The van der Waals surface area contributed by atoms with E-state index in [9.17, 15) is 18.0 Å². The Morgan fingerprint density at radius 2 is 1.73 bits per heavy atom. The number of sulfonamides is 1. The number of carbonyl (C=O) groups excluding carboxylic acids is 2. The van der Waals surface area contributed by atoms with Crippen molar-refractivity contribution < 1.29 is 22.4 Å². The minimum atomic E-state index is -3.68. The fraction of sp³-hybridized carbons (Fsp3) is 0.167. The first-order chi connectivity index (χ1) is 15.8. The molecular formula is C24H25N3O5S. The molecule has 0 spiro atoms. The normalized spacial score (nSPS) is 11.5. The first kappa shape index (κ1) is 24.0. The third kappa shape index (κ3) is 6.64. The molecule has 0 saturated carbocycles. The number of hydrogen-bond donors (Lipinski definition) is 2. The van der Waals surface area contributed by atoms with Crippen LogP contribution in [0.1, 0.15) is 27.2 Å². The Bertz CT molecular complexity index is 1220. The fourth-order valence-electron chi connectivity index (χ4n) is 2.97. The van der Waals surface area contributed by atoms with Crippen molar-refractivity contribution in [2.75, 3.05) is 14.1 Å². The van der Waals surface area contributed by atoms with E-state index >= 15 is 0 Å². The Labute approximate surface area is 193 Å². The smallest absolute Gasteiger partial charge is 0.251 e. The molecule has 33 heavy (non-hydrogen) atoms. The molecule has 0 unspecified atom stereocenters. The van der Waals surface area contributed by atoms with Crippen LogP contribution in [0.3, 0.4) is 0 Å². The topological polar surface area (TPSA) is 109 Å². The molecule has 3 rings (SSSR count). The molecule has 172 valence electrons. The number of nitrogens with zero attached hydrogens (tertiary/aromatic N) is 1. The summed E-state index contributed by atoms with van der Waals surface area (Å²) in [5.41, 5.74) is 2.14. The molecule has 8 nitrogen and oxygen atoms in total. The molecule has 3 aromatic rings. The lowest BCUT2D eigenvalue weighted by atomic mass is 10.1. The van der Waals surface area contributed by atoms with Crippen molar-refractivity contribution >= 4 is 27.9 Å². The van der Waals surface area contributed by atoms with Crippen LogP contribution in [0.2, 0.25) is 0 Å². The van der Waals surface area contributed by atoms with E-state index in [1.807, 2.05) is 0 Å². The van der Waals surface area contributed by atoms with Gasteiger partial charge in [-0.25, -0.2) is 13.1 Å². The summed E-state index contributed by atoms with van der Waals surface area (Å²) in [6.45, 7) is 0.446. The van der Waals surface area contributed by atoms with Gasteiger partial charge in [-0.15, -0.1) is 0 Å². The lowest BCUT2D eigenvalue weighted by Gasteiger charge is -2.15. The summed E-state index contributed by atoms with van der Waals surface area (Å²) in [6, 6.07) is 16.6. The summed E-state index contributed by atoms with van der Waals surface area (Å²) in [7, 11) is -0.426. The first-order valence-electron chi connectivity index (χ1n) is 10.1. The molecule has 0 aliphatic carbocycles. The molecule has 0 fully saturated rings. The van der Waals surface area contributed by atoms with Gasteiger partial charge in [0.15, 0.2) is 0 Å². The number of likely N-dealkylation sites (N-methyl/N-ethyl adjacent to an activating group) is 1. The molecule has 0 atom stereocenters. The second-order valence-corrected chi connectivity index (χ2v) is 9.04. The van der Waals surface area contributed by atoms with Crippen LogP contribution in [0.15, 0.2) is 82.3 Å². The summed E-state index contributed by atoms with van der Waals surface area (Å²) in [5.74, 6) is 0.145. The van der Waals surface area contributed by atoms with Crippen LogP contribution in [0, 0.1) is 0 Å². The number of hydrogen-bond acceptors (Lipinski definition) is 5. The van der Waals surface area contributed by atoms with Gasteiger partial charge in [0, 0.05) is 32.3 Å². The van der Waals surface area contributed by atoms with E-state index in [0.717, 1.165) is 5.56 Å². The monoisotopic (exact) mass is 467 g/mol. The lowest BCUT2D eigenvalue weighted by Crippen LogP contribution is -2.24. The Kier molecular flexibility index (Phi) is 7.81. The van der Waals surface area contributed by atoms with Crippen LogP contribution >= 0.6 is 0 Å². The van der Waals surface area contributed by atoms with Crippen molar-refractivity contribution in [3.63, 3.8) is 0 Å². The predicted octanol–water partition coefficient (Wildman–Crippen LogP) is 2.79. The predicted molar refractivity (Wildman–Crippen MR) is 125 cm³/mol. The Morgan fingerprint density at radius 3 is 2.33 bits per heavy atom. The highest BCUT2D eigenvalue weighted by Crippen LogP contribution is 2.13. The zero-order valence-electron chi connectivity index (χ0n) is 18.3. The standard InChI is InChI=1S/C24H25N3O5S/c1-25-24(29)20-10-5-19(6-11-20)17-27(2)23(28)14-9-18-7-12-22(13-8-18)33(30,31)26-16-21-4-3-15-32-21/h3-15,26H,16-17H2,1-2H3,(H,25,29). The molecule has 0 bridgehead atoms. The molecule has 0 radical (unpaired) electrons. The minimum absolute atomic E-state index is 0.0619. The van der Waals surface area contributed by atoms with E-state index in [1.165, 1.54) is 24.5 Å². The third-order valence-corrected chi connectivity index (χ3v) is 6.28. The SMILES string of the molecule is CNC(=O)c1ccc(CN(C)C(=O)C=Cc2ccc(S(=O)(=O)NCc3ccco3)cc2)cc1. The molecule has 0 aliphatic heterocycles. The number of amides is 2. The van der Waals surface area contributed by atoms with E-state index in [0.29, 0.717) is 23.4 Å². The maximum atomic E-state index is 12.4. The van der Waals surface area contributed by atoms with Crippen molar-refractivity contribution in [2.45, 2.75) is 18.0 Å². The van der Waals surface area contributed by atoms with Gasteiger partial charge in [-0.3, -0.25) is 9.59 Å². The van der Waals surface area contributed by atoms with Gasteiger partial charge < -0.3 is 14.6 Å². The summed E-state index contributed by atoms with van der Waals surface area (Å²) >= 11 is 0. The van der Waals surface area contributed by atoms with Gasteiger partial charge in [-0.1, -0.05) is 24.3 Å². The molecule has 2 amide bonds. The number of carbonyl (C=O) groups is 2. The molecule has 1 aromatic heterocycles. The van der Waals surface area contributed by atoms with E-state index in [1.54, 1.807) is 73.6 Å². The highest BCUT2D eigenvalue weighted by Gasteiger charge is 2.14. The van der Waals surface area contributed by atoms with E-state index < -0.39 is 10.0 Å². The van der Waals surface area contributed by atoms with Crippen molar-refractivity contribution in [3.05, 3.63) is 95.5 Å². The molecule has 9 heteroatoms. The van der Waals surface area contributed by atoms with Crippen molar-refractivity contribution in [1.82, 2.24) is 14.9 Å². The van der Waals surface area contributed by atoms with Gasteiger partial charge in [0.25, 0.3) is 5.91 Å². The zero-order valence-corrected chi connectivity index (χ0v) is 19.1. The second-order valence-electron chi connectivity index (χ2n) is 7.28. The molecule has 2 N–H and O–H groups in total. The lowest BCUT2D eigenvalue weighted by molar-refractivity contribution is -0.125. The van der Waals surface area contributed by atoms with Crippen LogP contribution in [0.25, 0.3) is 6.08 Å². The van der Waals surface area contributed by atoms with Gasteiger partial charge in [0.2, 0.25) is 15.9 Å². The number of rotatable bonds is 9. The molecule has 1 heterocycles. The quantitative estimate of drug-likeness (QED) is 0.471. The van der Waals surface area contributed by atoms with Gasteiger partial charge in [0.1, 0.15) is 5.76 Å². The summed E-state index contributed by atoms with van der Waals surface area (Å²) in [4.78, 5) is 25.7. The third-order valence-electron chi connectivity index (χ3n) is 4.86. The number of nitrogens with one attached hydrogen (secondary N) is 2. The summed E-state index contributed by atoms with van der Waals surface area (Å²) in [6.07, 6.45) is 4.53. The van der Waals surface area contributed by atoms with Gasteiger partial charge in [-0.05, 0) is 53.6 Å². The van der Waals surface area contributed by atoms with E-state index in [2.05, 4.69) is 10.0 Å². The van der Waals surface area contributed by atoms with Gasteiger partial charge >= 0.3 is 0 Å². The molecule has 0 saturated heterocycles. The Morgan fingerprint density at radius 1 is 1.03 bits per heavy atom. The van der Waals surface area contributed by atoms with Crippen LogP contribution in [-0.4, -0.2) is 39.2 Å². The van der Waals surface area contributed by atoms with Crippen molar-refractivity contribution in [2.24, 2.45) is 0 Å². The molecular weight excluding hydrogens is 442 g/mol. The maximum Gasteiger partial charge on any atom is 0.251 e. The highest BCUT2D eigenvalue weighted by molar-refractivity contribution is 7.89. The van der Waals surface area contributed by atoms with Crippen molar-refractivity contribution in [3.8, 4) is 0 Å².